The summed E-state index contributed by atoms with van der Waals surface area (Å²) < 4.78 is 159. The number of carbonyl (C=O) groups is 4. The van der Waals surface area contributed by atoms with Gasteiger partial charge in [-0.3, -0.25) is 19.2 Å². The number of ketones is 4. The van der Waals surface area contributed by atoms with Crippen molar-refractivity contribution < 1.29 is 76.6 Å². The van der Waals surface area contributed by atoms with E-state index in [4.69, 9.17) is 4.74 Å². The number of rotatable bonds is 10. The Kier molecular flexibility index (Phi) is 11.3. The zero-order valence-corrected chi connectivity index (χ0v) is 24.5. The maximum atomic E-state index is 13.2. The first-order valence-electron chi connectivity index (χ1n) is 14.0. The van der Waals surface area contributed by atoms with Crippen LogP contribution in [0.5, 0.6) is 0 Å². The molecule has 2 aromatic rings. The minimum atomic E-state index is -5.20. The lowest BCUT2D eigenvalue weighted by Crippen LogP contribution is -2.21. The molecule has 48 heavy (non-hydrogen) atoms. The van der Waals surface area contributed by atoms with Gasteiger partial charge in [-0.2, -0.15) is 52.7 Å². The van der Waals surface area contributed by atoms with Crippen molar-refractivity contribution in [3.63, 3.8) is 0 Å². The minimum absolute atomic E-state index is 0.0634. The maximum absolute atomic E-state index is 13.2. The van der Waals surface area contributed by atoms with E-state index in [-0.39, 0.29) is 24.7 Å². The molecular weight excluding hydrogens is 680 g/mol. The lowest BCUT2D eigenvalue weighted by atomic mass is 9.93. The smallest absolute Gasteiger partial charge is 0.417 e. The predicted octanol–water partition coefficient (Wildman–Crippen LogP) is 9.08. The van der Waals surface area contributed by atoms with Crippen molar-refractivity contribution in [2.75, 3.05) is 6.61 Å². The van der Waals surface area contributed by atoms with Crippen molar-refractivity contribution in [1.29, 1.82) is 0 Å². The molecule has 0 radical (unpaired) electrons. The van der Waals surface area contributed by atoms with E-state index in [0.29, 0.717) is 49.9 Å². The molecule has 0 aromatic heterocycles. The molecule has 0 saturated heterocycles. The molecule has 2 aliphatic carbocycles. The molecule has 0 N–H and O–H groups in total. The number of hydrogen-bond donors (Lipinski definition) is 0. The second-order valence-electron chi connectivity index (χ2n) is 10.8. The van der Waals surface area contributed by atoms with Gasteiger partial charge < -0.3 is 4.74 Å². The van der Waals surface area contributed by atoms with Crippen LogP contribution in [-0.2, 0) is 39.0 Å². The normalized spacial score (nSPS) is 15.7. The third-order valence-corrected chi connectivity index (χ3v) is 7.04. The number of Topliss-reactive ketones (excluding diaryl/α,β-unsaturated/α-hetero) is 4. The molecule has 0 unspecified atom stereocenters. The molecule has 0 aliphatic heterocycles. The van der Waals surface area contributed by atoms with Crippen LogP contribution in [0.15, 0.2) is 48.2 Å². The van der Waals surface area contributed by atoms with E-state index in [0.717, 1.165) is 6.26 Å². The van der Waals surface area contributed by atoms with Gasteiger partial charge in [-0.1, -0.05) is 6.07 Å². The number of benzene rings is 2. The first kappa shape index (κ1) is 38.3. The number of halogens is 12. The molecule has 0 bridgehead atoms. The molecule has 4 rings (SSSR count). The Morgan fingerprint density at radius 3 is 1.50 bits per heavy atom. The SMILES string of the molecule is CCOC=C(C(=O)c1ccc(C(F)(F)F)cc1C(F)(F)F)C(=O)C1CC1.O=C(CC(=O)C1CC1)c1ccc(C(F)(F)F)cc1C(F)(F)F. The summed E-state index contributed by atoms with van der Waals surface area (Å²) >= 11 is 0. The van der Waals surface area contributed by atoms with Crippen molar-refractivity contribution in [3.8, 4) is 0 Å². The number of alkyl halides is 12. The molecule has 0 spiro atoms. The highest BCUT2D eigenvalue weighted by molar-refractivity contribution is 6.27. The standard InChI is InChI=1S/C17H14F6O3.C14H10F6O2/c1-2-26-8-12(14(24)9-3-4-9)15(25)11-6-5-10(16(18,19)20)7-13(11)17(21,22)23;15-13(16,17)8-3-4-9(10(5-8)14(18,19)20)12(22)6-11(21)7-1-2-7/h5-9H,2-4H2,1H3;3-5,7H,1-2,6H2. The van der Waals surface area contributed by atoms with Crippen molar-refractivity contribution in [3.05, 3.63) is 81.6 Å². The van der Waals surface area contributed by atoms with Crippen molar-refractivity contribution in [2.45, 2.75) is 63.7 Å². The van der Waals surface area contributed by atoms with E-state index in [9.17, 15) is 71.9 Å². The van der Waals surface area contributed by atoms with Gasteiger partial charge in [-0.15, -0.1) is 0 Å². The average molecular weight is 705 g/mol. The Hall–Kier alpha value is -4.18. The fourth-order valence-corrected chi connectivity index (χ4v) is 4.26. The van der Waals surface area contributed by atoms with Crippen LogP contribution in [0.4, 0.5) is 52.7 Å². The van der Waals surface area contributed by atoms with Crippen molar-refractivity contribution in [1.82, 2.24) is 0 Å². The molecule has 17 heteroatoms. The van der Waals surface area contributed by atoms with Gasteiger partial charge in [-0.05, 0) is 62.9 Å². The lowest BCUT2D eigenvalue weighted by molar-refractivity contribution is -0.144. The van der Waals surface area contributed by atoms with Crippen LogP contribution in [0, 0.1) is 11.8 Å². The van der Waals surface area contributed by atoms with E-state index in [2.05, 4.69) is 0 Å². The zero-order valence-electron chi connectivity index (χ0n) is 24.5. The third-order valence-electron chi connectivity index (χ3n) is 7.04. The molecule has 0 amide bonds. The fraction of sp³-hybridized carbons (Fsp3) is 0.419. The van der Waals surface area contributed by atoms with E-state index in [1.54, 1.807) is 6.92 Å². The number of ether oxygens (including phenoxy) is 1. The highest BCUT2D eigenvalue weighted by Gasteiger charge is 2.43. The summed E-state index contributed by atoms with van der Waals surface area (Å²) in [5.41, 5.74) is -8.98. The highest BCUT2D eigenvalue weighted by atomic mass is 19.4. The van der Waals surface area contributed by atoms with Gasteiger partial charge in [0.05, 0.1) is 41.5 Å². The summed E-state index contributed by atoms with van der Waals surface area (Å²) in [5, 5.41) is 0. The Bertz CT molecular complexity index is 1590. The lowest BCUT2D eigenvalue weighted by Gasteiger charge is -2.16. The molecule has 0 atom stereocenters. The van der Waals surface area contributed by atoms with Gasteiger partial charge in [0.15, 0.2) is 17.3 Å². The Labute approximate surface area is 263 Å². The monoisotopic (exact) mass is 704 g/mol. The first-order valence-corrected chi connectivity index (χ1v) is 14.0. The third kappa shape index (κ3) is 9.92. The molecule has 2 saturated carbocycles. The summed E-state index contributed by atoms with van der Waals surface area (Å²) in [4.78, 5) is 48.0. The summed E-state index contributed by atoms with van der Waals surface area (Å²) in [6.45, 7) is 1.60. The maximum Gasteiger partial charge on any atom is 0.417 e. The number of carbonyl (C=O) groups excluding carboxylic acids is 4. The second kappa shape index (κ2) is 14.1. The van der Waals surface area contributed by atoms with E-state index in [1.807, 2.05) is 0 Å². The molecule has 2 fully saturated rings. The molecule has 2 aromatic carbocycles. The summed E-state index contributed by atoms with van der Waals surface area (Å²) in [5.74, 6) is -4.36. The van der Waals surface area contributed by atoms with Gasteiger partial charge >= 0.3 is 24.7 Å². The zero-order chi connectivity index (χ0) is 36.4. The summed E-state index contributed by atoms with van der Waals surface area (Å²) in [6.07, 6.45) is -18.1. The van der Waals surface area contributed by atoms with Gasteiger partial charge in [-0.25, -0.2) is 0 Å². The van der Waals surface area contributed by atoms with E-state index in [1.165, 1.54) is 0 Å². The predicted molar refractivity (Wildman–Crippen MR) is 141 cm³/mol. The van der Waals surface area contributed by atoms with Crippen LogP contribution >= 0.6 is 0 Å². The molecular formula is C31H24F12O5. The molecule has 262 valence electrons. The van der Waals surface area contributed by atoms with Gasteiger partial charge in [0, 0.05) is 23.0 Å². The highest BCUT2D eigenvalue weighted by Crippen LogP contribution is 2.40. The average Bonchev–Trinajstić information content (AvgIpc) is 3.88. The Balaban J connectivity index is 0.000000264. The van der Waals surface area contributed by atoms with Gasteiger partial charge in [0.1, 0.15) is 11.4 Å². The van der Waals surface area contributed by atoms with Gasteiger partial charge in [0.25, 0.3) is 0 Å². The summed E-state index contributed by atoms with van der Waals surface area (Å²) in [6, 6.07) is 1.47. The Morgan fingerprint density at radius 1 is 0.667 bits per heavy atom. The van der Waals surface area contributed by atoms with Crippen molar-refractivity contribution in [2.24, 2.45) is 11.8 Å². The van der Waals surface area contributed by atoms with Crippen molar-refractivity contribution >= 4 is 23.1 Å². The molecule has 5 nitrogen and oxygen atoms in total. The quantitative estimate of drug-likeness (QED) is 0.0616. The number of allylic oxidation sites excluding steroid dienone is 1. The van der Waals surface area contributed by atoms with Gasteiger partial charge in [0.2, 0.25) is 0 Å². The first-order chi connectivity index (χ1) is 22.0. The molecule has 0 heterocycles. The Morgan fingerprint density at radius 2 is 1.10 bits per heavy atom. The van der Waals surface area contributed by atoms with Crippen LogP contribution in [0.1, 0.15) is 82.0 Å². The topological polar surface area (TPSA) is 77.5 Å². The summed E-state index contributed by atoms with van der Waals surface area (Å²) in [7, 11) is 0. The molecule has 2 aliphatic rings. The minimum Gasteiger partial charge on any atom is -0.501 e. The van der Waals surface area contributed by atoms with E-state index >= 15 is 0 Å². The van der Waals surface area contributed by atoms with Crippen LogP contribution in [0.2, 0.25) is 0 Å². The fourth-order valence-electron chi connectivity index (χ4n) is 4.26. The van der Waals surface area contributed by atoms with Crippen LogP contribution in [0.25, 0.3) is 0 Å². The largest absolute Gasteiger partial charge is 0.501 e. The van der Waals surface area contributed by atoms with Crippen LogP contribution < -0.4 is 0 Å². The van der Waals surface area contributed by atoms with Crippen LogP contribution in [-0.4, -0.2) is 29.7 Å². The second-order valence-corrected chi connectivity index (χ2v) is 10.8. The number of hydrogen-bond acceptors (Lipinski definition) is 5. The van der Waals surface area contributed by atoms with Crippen LogP contribution in [0.3, 0.4) is 0 Å². The van der Waals surface area contributed by atoms with E-state index < -0.39 is 99.1 Å².